The van der Waals surface area contributed by atoms with Crippen LogP contribution in [0.2, 0.25) is 0 Å². The van der Waals surface area contributed by atoms with E-state index in [1.165, 1.54) is 16.8 Å². The summed E-state index contributed by atoms with van der Waals surface area (Å²) in [4.78, 5) is 12.0. The van der Waals surface area contributed by atoms with Crippen molar-refractivity contribution in [3.8, 4) is 0 Å². The van der Waals surface area contributed by atoms with Crippen molar-refractivity contribution >= 4 is 11.6 Å². The Hall–Kier alpha value is -1.77. The number of fused-ring (bicyclic) bond motifs is 1. The molecule has 0 unspecified atom stereocenters. The summed E-state index contributed by atoms with van der Waals surface area (Å²) in [7, 11) is 0. The topological polar surface area (TPSA) is 41.1 Å². The van der Waals surface area contributed by atoms with E-state index in [0.717, 1.165) is 24.9 Å². The van der Waals surface area contributed by atoms with Gasteiger partial charge in [-0.1, -0.05) is 11.6 Å². The van der Waals surface area contributed by atoms with Crippen molar-refractivity contribution in [2.24, 2.45) is 0 Å². The lowest BCUT2D eigenvalue weighted by molar-refractivity contribution is 0.0958. The molecule has 3 heteroatoms. The highest BCUT2D eigenvalue weighted by atomic mass is 16.1. The van der Waals surface area contributed by atoms with Crippen molar-refractivity contribution in [1.82, 2.24) is 5.32 Å². The molecule has 1 aliphatic heterocycles. The van der Waals surface area contributed by atoms with Crippen LogP contribution in [0.1, 0.15) is 36.2 Å². The van der Waals surface area contributed by atoms with E-state index in [0.29, 0.717) is 6.54 Å². The molecular formula is C15H20N2O. The summed E-state index contributed by atoms with van der Waals surface area (Å²) in [5.74, 6) is 0.000809. The van der Waals surface area contributed by atoms with E-state index in [1.807, 2.05) is 38.1 Å². The van der Waals surface area contributed by atoms with Crippen molar-refractivity contribution in [2.45, 2.75) is 26.7 Å². The van der Waals surface area contributed by atoms with Crippen molar-refractivity contribution in [3.05, 3.63) is 41.0 Å². The number of rotatable bonds is 3. The van der Waals surface area contributed by atoms with Gasteiger partial charge < -0.3 is 10.6 Å². The van der Waals surface area contributed by atoms with E-state index < -0.39 is 0 Å². The molecule has 0 radical (unpaired) electrons. The first kappa shape index (κ1) is 12.7. The van der Waals surface area contributed by atoms with Gasteiger partial charge in [-0.15, -0.1) is 0 Å². The molecule has 3 nitrogen and oxygen atoms in total. The first-order chi connectivity index (χ1) is 8.66. The van der Waals surface area contributed by atoms with Gasteiger partial charge in [0.2, 0.25) is 0 Å². The minimum atomic E-state index is 0.000809. The molecule has 1 amide bonds. The van der Waals surface area contributed by atoms with Crippen molar-refractivity contribution in [3.63, 3.8) is 0 Å². The van der Waals surface area contributed by atoms with E-state index in [-0.39, 0.29) is 5.91 Å². The Morgan fingerprint density at radius 3 is 3.06 bits per heavy atom. The summed E-state index contributed by atoms with van der Waals surface area (Å²) >= 11 is 0. The van der Waals surface area contributed by atoms with E-state index in [9.17, 15) is 4.79 Å². The molecule has 18 heavy (non-hydrogen) atoms. The quantitative estimate of drug-likeness (QED) is 0.803. The fraction of sp³-hybridized carbons (Fsp3) is 0.400. The zero-order chi connectivity index (χ0) is 13.0. The Balaban J connectivity index is 2.04. The van der Waals surface area contributed by atoms with Crippen LogP contribution in [0.3, 0.4) is 0 Å². The second kappa shape index (κ2) is 5.71. The van der Waals surface area contributed by atoms with Crippen molar-refractivity contribution in [1.29, 1.82) is 0 Å². The Morgan fingerprint density at radius 2 is 2.28 bits per heavy atom. The number of hydrogen-bond donors (Lipinski definition) is 2. The SMILES string of the molecule is CC(C)=CCNC(=O)c1ccc2c(c1)CCCN2. The number of amides is 1. The number of benzene rings is 1. The summed E-state index contributed by atoms with van der Waals surface area (Å²) in [6.45, 7) is 5.67. The summed E-state index contributed by atoms with van der Waals surface area (Å²) in [5, 5.41) is 6.25. The third-order valence-corrected chi connectivity index (χ3v) is 3.08. The number of carbonyl (C=O) groups excluding carboxylic acids is 1. The minimum absolute atomic E-state index is 0.000809. The molecule has 0 spiro atoms. The van der Waals surface area contributed by atoms with Gasteiger partial charge in [0.25, 0.3) is 5.91 Å². The molecule has 2 N–H and O–H groups in total. The monoisotopic (exact) mass is 244 g/mol. The van der Waals surface area contributed by atoms with Crippen molar-refractivity contribution in [2.75, 3.05) is 18.4 Å². The Kier molecular flexibility index (Phi) is 4.03. The standard InChI is InChI=1S/C15H20N2O/c1-11(2)7-9-17-15(18)13-5-6-14-12(10-13)4-3-8-16-14/h5-7,10,16H,3-4,8-9H2,1-2H3,(H,17,18). The van der Waals surface area contributed by atoms with Gasteiger partial charge >= 0.3 is 0 Å². The van der Waals surface area contributed by atoms with Crippen LogP contribution < -0.4 is 10.6 Å². The van der Waals surface area contributed by atoms with Gasteiger partial charge in [-0.2, -0.15) is 0 Å². The summed E-state index contributed by atoms with van der Waals surface area (Å²) in [6.07, 6.45) is 4.20. The summed E-state index contributed by atoms with van der Waals surface area (Å²) in [5.41, 5.74) is 4.38. The van der Waals surface area contributed by atoms with Crippen LogP contribution in [0.5, 0.6) is 0 Å². The fourth-order valence-corrected chi connectivity index (χ4v) is 2.07. The minimum Gasteiger partial charge on any atom is -0.385 e. The molecule has 1 aromatic carbocycles. The van der Waals surface area contributed by atoms with Crippen LogP contribution in [-0.2, 0) is 6.42 Å². The van der Waals surface area contributed by atoms with Crippen LogP contribution in [0, 0.1) is 0 Å². The second-order valence-electron chi connectivity index (χ2n) is 4.89. The average molecular weight is 244 g/mol. The van der Waals surface area contributed by atoms with Gasteiger partial charge in [-0.05, 0) is 50.5 Å². The zero-order valence-electron chi connectivity index (χ0n) is 11.0. The normalized spacial score (nSPS) is 13.2. The van der Waals surface area contributed by atoms with Gasteiger partial charge in [0.1, 0.15) is 0 Å². The number of aryl methyl sites for hydroxylation is 1. The number of nitrogens with one attached hydrogen (secondary N) is 2. The van der Waals surface area contributed by atoms with Crippen LogP contribution in [0.25, 0.3) is 0 Å². The second-order valence-corrected chi connectivity index (χ2v) is 4.89. The molecule has 0 saturated heterocycles. The van der Waals surface area contributed by atoms with Crippen molar-refractivity contribution < 1.29 is 4.79 Å². The Morgan fingerprint density at radius 1 is 1.44 bits per heavy atom. The van der Waals surface area contributed by atoms with Gasteiger partial charge in [0.15, 0.2) is 0 Å². The first-order valence-electron chi connectivity index (χ1n) is 6.45. The van der Waals surface area contributed by atoms with E-state index >= 15 is 0 Å². The lowest BCUT2D eigenvalue weighted by Crippen LogP contribution is -2.24. The van der Waals surface area contributed by atoms with Crippen LogP contribution in [0.4, 0.5) is 5.69 Å². The number of carbonyl (C=O) groups is 1. The molecule has 2 rings (SSSR count). The molecule has 0 atom stereocenters. The molecule has 0 aliphatic carbocycles. The van der Waals surface area contributed by atoms with E-state index in [1.54, 1.807) is 0 Å². The summed E-state index contributed by atoms with van der Waals surface area (Å²) < 4.78 is 0. The van der Waals surface area contributed by atoms with Crippen LogP contribution in [0.15, 0.2) is 29.8 Å². The first-order valence-corrected chi connectivity index (χ1v) is 6.45. The third-order valence-electron chi connectivity index (χ3n) is 3.08. The predicted octanol–water partition coefficient (Wildman–Crippen LogP) is 2.74. The third kappa shape index (κ3) is 3.13. The maximum absolute atomic E-state index is 12.0. The highest BCUT2D eigenvalue weighted by Gasteiger charge is 2.11. The molecule has 96 valence electrons. The predicted molar refractivity (Wildman–Crippen MR) is 75.0 cm³/mol. The lowest BCUT2D eigenvalue weighted by Gasteiger charge is -2.18. The maximum atomic E-state index is 12.0. The Bertz CT molecular complexity index is 473. The van der Waals surface area contributed by atoms with Crippen LogP contribution in [-0.4, -0.2) is 19.0 Å². The fourth-order valence-electron chi connectivity index (χ4n) is 2.07. The molecule has 0 fully saturated rings. The van der Waals surface area contributed by atoms with Crippen LogP contribution >= 0.6 is 0 Å². The number of allylic oxidation sites excluding steroid dienone is 1. The molecule has 1 heterocycles. The molecule has 1 aromatic rings. The van der Waals surface area contributed by atoms with Gasteiger partial charge in [-0.3, -0.25) is 4.79 Å². The molecule has 0 bridgehead atoms. The van der Waals surface area contributed by atoms with Gasteiger partial charge in [0, 0.05) is 24.3 Å². The molecule has 0 saturated carbocycles. The smallest absolute Gasteiger partial charge is 0.251 e. The molecule has 0 aromatic heterocycles. The van der Waals surface area contributed by atoms with E-state index in [4.69, 9.17) is 0 Å². The van der Waals surface area contributed by atoms with Gasteiger partial charge in [0.05, 0.1) is 0 Å². The molecular weight excluding hydrogens is 224 g/mol. The summed E-state index contributed by atoms with van der Waals surface area (Å²) in [6, 6.07) is 5.89. The number of anilines is 1. The lowest BCUT2D eigenvalue weighted by atomic mass is 10.0. The largest absolute Gasteiger partial charge is 0.385 e. The van der Waals surface area contributed by atoms with E-state index in [2.05, 4.69) is 10.6 Å². The van der Waals surface area contributed by atoms with Gasteiger partial charge in [-0.25, -0.2) is 0 Å². The average Bonchev–Trinajstić information content (AvgIpc) is 2.37. The number of hydrogen-bond acceptors (Lipinski definition) is 2. The highest BCUT2D eigenvalue weighted by Crippen LogP contribution is 2.22. The Labute approximate surface area is 108 Å². The maximum Gasteiger partial charge on any atom is 0.251 e. The highest BCUT2D eigenvalue weighted by molar-refractivity contribution is 5.95. The molecule has 1 aliphatic rings. The zero-order valence-corrected chi connectivity index (χ0v) is 11.0.